The Bertz CT molecular complexity index is 1110. The Hall–Kier alpha value is -2.93. The number of aliphatic hydroxyl groups is 1. The predicted octanol–water partition coefficient (Wildman–Crippen LogP) is 2.18. The van der Waals surface area contributed by atoms with Crippen molar-refractivity contribution in [3.8, 4) is 0 Å². The molecular formula is C18H20F3N5O4S. The molecule has 1 heterocycles. The van der Waals surface area contributed by atoms with E-state index in [9.17, 15) is 31.5 Å². The quantitative estimate of drug-likeness (QED) is 0.626. The summed E-state index contributed by atoms with van der Waals surface area (Å²) in [5, 5.41) is 16.9. The molecule has 0 radical (unpaired) electrons. The zero-order valence-corrected chi connectivity index (χ0v) is 17.1. The monoisotopic (exact) mass is 459 g/mol. The lowest BCUT2D eigenvalue weighted by Gasteiger charge is -2.27. The first-order valence-corrected chi connectivity index (χ1v) is 10.6. The number of nitrogens with one attached hydrogen (secondary N) is 1. The molecular weight excluding hydrogens is 439 g/mol. The Kier molecular flexibility index (Phi) is 6.09. The van der Waals surface area contributed by atoms with Crippen molar-refractivity contribution in [1.82, 2.24) is 9.78 Å². The molecule has 1 amide bonds. The van der Waals surface area contributed by atoms with Gasteiger partial charge in [-0.2, -0.15) is 18.3 Å². The summed E-state index contributed by atoms with van der Waals surface area (Å²) in [4.78, 5) is 15.1. The van der Waals surface area contributed by atoms with Crippen LogP contribution in [0.1, 0.15) is 35.7 Å². The SMILES string of the molecule is C/N=C1/CC(O)CC[C@@H]1n1cc(C(N)=O)c(Nc2ccc(S(=O)(=O)C(F)(F)F)cc2)n1. The first-order valence-electron chi connectivity index (χ1n) is 9.15. The number of primary amides is 1. The summed E-state index contributed by atoms with van der Waals surface area (Å²) in [6, 6.07) is 3.56. The highest BCUT2D eigenvalue weighted by Gasteiger charge is 2.46. The van der Waals surface area contributed by atoms with Gasteiger partial charge in [0.15, 0.2) is 5.82 Å². The number of sulfone groups is 1. The first-order chi connectivity index (χ1) is 14.4. The number of carbonyl (C=O) groups is 1. The zero-order chi connectivity index (χ0) is 23.0. The highest BCUT2D eigenvalue weighted by Crippen LogP contribution is 2.32. The number of aromatic nitrogens is 2. The number of alkyl halides is 3. The van der Waals surface area contributed by atoms with Gasteiger partial charge in [-0.25, -0.2) is 8.42 Å². The summed E-state index contributed by atoms with van der Waals surface area (Å²) in [5.74, 6) is -0.726. The van der Waals surface area contributed by atoms with E-state index in [0.29, 0.717) is 25.0 Å². The van der Waals surface area contributed by atoms with Crippen LogP contribution in [0.3, 0.4) is 0 Å². The third-order valence-corrected chi connectivity index (χ3v) is 6.44. The van der Waals surface area contributed by atoms with Crippen molar-refractivity contribution in [2.75, 3.05) is 12.4 Å². The molecule has 4 N–H and O–H groups in total. The third kappa shape index (κ3) is 4.56. The zero-order valence-electron chi connectivity index (χ0n) is 16.3. The van der Waals surface area contributed by atoms with Crippen molar-refractivity contribution in [3.63, 3.8) is 0 Å². The van der Waals surface area contributed by atoms with E-state index in [1.54, 1.807) is 7.05 Å². The van der Waals surface area contributed by atoms with Gasteiger partial charge >= 0.3 is 5.51 Å². The second kappa shape index (κ2) is 8.30. The van der Waals surface area contributed by atoms with Crippen molar-refractivity contribution in [2.24, 2.45) is 10.7 Å². The van der Waals surface area contributed by atoms with Crippen molar-refractivity contribution in [3.05, 3.63) is 36.0 Å². The van der Waals surface area contributed by atoms with Crippen LogP contribution in [0, 0.1) is 0 Å². The number of halogens is 3. The van der Waals surface area contributed by atoms with E-state index >= 15 is 0 Å². The summed E-state index contributed by atoms with van der Waals surface area (Å²) in [6.45, 7) is 0. The number of rotatable bonds is 5. The molecule has 13 heteroatoms. The fraction of sp³-hybridized carbons (Fsp3) is 0.389. The van der Waals surface area contributed by atoms with Crippen molar-refractivity contribution >= 4 is 33.0 Å². The number of amides is 1. The minimum Gasteiger partial charge on any atom is -0.393 e. The van der Waals surface area contributed by atoms with Gasteiger partial charge in [0, 0.05) is 31.1 Å². The number of nitrogens with zero attached hydrogens (tertiary/aromatic N) is 3. The highest BCUT2D eigenvalue weighted by molar-refractivity contribution is 7.92. The third-order valence-electron chi connectivity index (χ3n) is 4.94. The first kappa shape index (κ1) is 22.7. The minimum absolute atomic E-state index is 0.0357. The number of benzene rings is 1. The summed E-state index contributed by atoms with van der Waals surface area (Å²) < 4.78 is 62.5. The second-order valence-corrected chi connectivity index (χ2v) is 8.94. The molecule has 1 aliphatic carbocycles. The topological polar surface area (TPSA) is 140 Å². The molecule has 0 saturated heterocycles. The summed E-state index contributed by atoms with van der Waals surface area (Å²) in [7, 11) is -3.88. The molecule has 9 nitrogen and oxygen atoms in total. The summed E-state index contributed by atoms with van der Waals surface area (Å²) in [6.07, 6.45) is 2.35. The van der Waals surface area contributed by atoms with Crippen LogP contribution in [0.2, 0.25) is 0 Å². The van der Waals surface area contributed by atoms with Gasteiger partial charge < -0.3 is 16.2 Å². The van der Waals surface area contributed by atoms with E-state index in [1.165, 1.54) is 10.9 Å². The van der Waals surface area contributed by atoms with E-state index < -0.39 is 32.3 Å². The fourth-order valence-corrected chi connectivity index (χ4v) is 4.09. The van der Waals surface area contributed by atoms with Crippen LogP contribution in [-0.2, 0) is 9.84 Å². The maximum absolute atomic E-state index is 12.7. The van der Waals surface area contributed by atoms with Crippen LogP contribution in [0.4, 0.5) is 24.7 Å². The highest BCUT2D eigenvalue weighted by atomic mass is 32.2. The van der Waals surface area contributed by atoms with Crippen LogP contribution in [0.25, 0.3) is 0 Å². The number of nitrogens with two attached hydrogens (primary N) is 1. The molecule has 2 aromatic rings. The normalized spacial score (nSPS) is 21.3. The molecule has 0 spiro atoms. The van der Waals surface area contributed by atoms with Gasteiger partial charge in [0.25, 0.3) is 15.7 Å². The molecule has 31 heavy (non-hydrogen) atoms. The van der Waals surface area contributed by atoms with Crippen molar-refractivity contribution in [1.29, 1.82) is 0 Å². The van der Waals surface area contributed by atoms with E-state index in [2.05, 4.69) is 15.4 Å². The number of anilines is 2. The summed E-state index contributed by atoms with van der Waals surface area (Å²) >= 11 is 0. The average Bonchev–Trinajstić information content (AvgIpc) is 3.11. The average molecular weight is 459 g/mol. The number of hydrogen-bond acceptors (Lipinski definition) is 7. The minimum atomic E-state index is -5.47. The molecule has 1 aliphatic rings. The van der Waals surface area contributed by atoms with E-state index in [1.807, 2.05) is 0 Å². The molecule has 1 aromatic heterocycles. The van der Waals surface area contributed by atoms with Crippen molar-refractivity contribution in [2.45, 2.75) is 41.8 Å². The Morgan fingerprint density at radius 3 is 2.48 bits per heavy atom. The second-order valence-electron chi connectivity index (χ2n) is 7.00. The number of aliphatic hydroxyl groups excluding tert-OH is 1. The van der Waals surface area contributed by atoms with Gasteiger partial charge in [-0.15, -0.1) is 0 Å². The lowest BCUT2D eigenvalue weighted by molar-refractivity contribution is -0.0436. The maximum Gasteiger partial charge on any atom is 0.501 e. The Morgan fingerprint density at radius 1 is 1.29 bits per heavy atom. The van der Waals surface area contributed by atoms with E-state index in [4.69, 9.17) is 5.73 Å². The van der Waals surface area contributed by atoms with Gasteiger partial charge in [0.1, 0.15) is 5.56 Å². The van der Waals surface area contributed by atoms with Crippen LogP contribution in [-0.4, -0.2) is 53.6 Å². The van der Waals surface area contributed by atoms with Crippen LogP contribution in [0.5, 0.6) is 0 Å². The molecule has 1 unspecified atom stereocenters. The van der Waals surface area contributed by atoms with Crippen LogP contribution >= 0.6 is 0 Å². The Balaban J connectivity index is 1.89. The Morgan fingerprint density at radius 2 is 1.94 bits per heavy atom. The largest absolute Gasteiger partial charge is 0.501 e. The number of aliphatic imine (C=N–C) groups is 1. The fourth-order valence-electron chi connectivity index (χ4n) is 3.33. The molecule has 0 aliphatic heterocycles. The molecule has 3 rings (SSSR count). The lowest BCUT2D eigenvalue weighted by atomic mass is 9.91. The summed E-state index contributed by atoms with van der Waals surface area (Å²) in [5.41, 5.74) is 0.953. The molecule has 0 bridgehead atoms. The number of carbonyl (C=O) groups excluding carboxylic acids is 1. The Labute approximate surface area is 175 Å². The van der Waals surface area contributed by atoms with Gasteiger partial charge in [-0.1, -0.05) is 0 Å². The molecule has 1 fully saturated rings. The molecule has 1 aromatic carbocycles. The molecule has 168 valence electrons. The van der Waals surface area contributed by atoms with Crippen molar-refractivity contribution < 1.29 is 31.5 Å². The smallest absolute Gasteiger partial charge is 0.393 e. The standard InChI is InChI=1S/C18H20F3N5O4S/c1-23-14-8-11(27)4-7-15(14)26-9-13(16(22)28)17(25-26)24-10-2-5-12(6-3-10)31(29,30)18(19,20)21/h2-3,5-6,9,11,15,27H,4,7-8H2,1H3,(H2,22,28)(H,24,25)/b23-14-/t11?,15-/m0/s1. The van der Waals surface area contributed by atoms with E-state index in [0.717, 1.165) is 24.3 Å². The number of hydrogen-bond donors (Lipinski definition) is 3. The van der Waals surface area contributed by atoms with Gasteiger partial charge in [-0.3, -0.25) is 14.5 Å². The van der Waals surface area contributed by atoms with Gasteiger partial charge in [0.05, 0.1) is 17.0 Å². The maximum atomic E-state index is 12.7. The van der Waals surface area contributed by atoms with Crippen LogP contribution < -0.4 is 11.1 Å². The van der Waals surface area contributed by atoms with Crippen LogP contribution in [0.15, 0.2) is 40.4 Å². The predicted molar refractivity (Wildman–Crippen MR) is 106 cm³/mol. The lowest BCUT2D eigenvalue weighted by Crippen LogP contribution is -2.30. The van der Waals surface area contributed by atoms with Gasteiger partial charge in [0.2, 0.25) is 0 Å². The molecule has 1 saturated carbocycles. The van der Waals surface area contributed by atoms with E-state index in [-0.39, 0.29) is 23.1 Å². The molecule has 2 atom stereocenters. The van der Waals surface area contributed by atoms with Gasteiger partial charge in [-0.05, 0) is 37.1 Å².